The molecule has 4 rings (SSSR count). The molecule has 0 bridgehead atoms. The highest BCUT2D eigenvalue weighted by molar-refractivity contribution is 5.88. The SMILES string of the molecule is COc1ccccc1-c1nn(-c2cc(NC(C)=O)ncc2C)cc1-c1nc[nH]n1. The van der Waals surface area contributed by atoms with Crippen LogP contribution in [0.4, 0.5) is 5.82 Å². The summed E-state index contributed by atoms with van der Waals surface area (Å²) in [6, 6.07) is 9.41. The predicted molar refractivity (Wildman–Crippen MR) is 108 cm³/mol. The molecule has 1 aromatic carbocycles. The smallest absolute Gasteiger partial charge is 0.222 e. The maximum atomic E-state index is 11.4. The van der Waals surface area contributed by atoms with Crippen molar-refractivity contribution in [3.8, 4) is 34.1 Å². The van der Waals surface area contributed by atoms with Gasteiger partial charge in [0, 0.05) is 30.9 Å². The van der Waals surface area contributed by atoms with Crippen LogP contribution in [0.25, 0.3) is 28.3 Å². The van der Waals surface area contributed by atoms with E-state index in [1.165, 1.54) is 13.3 Å². The van der Waals surface area contributed by atoms with E-state index in [0.717, 1.165) is 22.4 Å². The maximum Gasteiger partial charge on any atom is 0.222 e. The van der Waals surface area contributed by atoms with E-state index in [0.29, 0.717) is 23.1 Å². The highest BCUT2D eigenvalue weighted by Gasteiger charge is 2.20. The van der Waals surface area contributed by atoms with Gasteiger partial charge in [0.05, 0.1) is 18.4 Å². The van der Waals surface area contributed by atoms with Gasteiger partial charge in [-0.05, 0) is 24.6 Å². The van der Waals surface area contributed by atoms with E-state index in [-0.39, 0.29) is 5.91 Å². The van der Waals surface area contributed by atoms with E-state index in [4.69, 9.17) is 9.84 Å². The van der Waals surface area contributed by atoms with Gasteiger partial charge in [0.2, 0.25) is 5.91 Å². The summed E-state index contributed by atoms with van der Waals surface area (Å²) < 4.78 is 7.25. The predicted octanol–water partition coefficient (Wildman–Crippen LogP) is 2.99. The molecule has 9 heteroatoms. The lowest BCUT2D eigenvalue weighted by Gasteiger charge is -2.09. The van der Waals surface area contributed by atoms with Crippen molar-refractivity contribution in [3.05, 3.63) is 54.6 Å². The van der Waals surface area contributed by atoms with Crippen LogP contribution in [0.15, 0.2) is 49.1 Å². The summed E-state index contributed by atoms with van der Waals surface area (Å²) in [6.07, 6.45) is 5.06. The Labute approximate surface area is 166 Å². The number of rotatable bonds is 5. The van der Waals surface area contributed by atoms with Crippen LogP contribution in [0, 0.1) is 6.92 Å². The number of nitrogens with one attached hydrogen (secondary N) is 2. The maximum absolute atomic E-state index is 11.4. The minimum Gasteiger partial charge on any atom is -0.496 e. The van der Waals surface area contributed by atoms with Gasteiger partial charge in [-0.15, -0.1) is 0 Å². The van der Waals surface area contributed by atoms with Gasteiger partial charge >= 0.3 is 0 Å². The summed E-state index contributed by atoms with van der Waals surface area (Å²) in [5, 5.41) is 14.5. The van der Waals surface area contributed by atoms with E-state index in [2.05, 4.69) is 25.5 Å². The number of anilines is 1. The quantitative estimate of drug-likeness (QED) is 0.543. The van der Waals surface area contributed by atoms with Crippen LogP contribution in [-0.2, 0) is 4.79 Å². The van der Waals surface area contributed by atoms with Crippen LogP contribution < -0.4 is 10.1 Å². The lowest BCUT2D eigenvalue weighted by molar-refractivity contribution is -0.114. The van der Waals surface area contributed by atoms with E-state index >= 15 is 0 Å². The van der Waals surface area contributed by atoms with Crippen LogP contribution in [0.3, 0.4) is 0 Å². The Balaban J connectivity index is 1.90. The van der Waals surface area contributed by atoms with Crippen LogP contribution >= 0.6 is 0 Å². The lowest BCUT2D eigenvalue weighted by atomic mass is 10.1. The molecule has 0 spiro atoms. The first-order chi connectivity index (χ1) is 14.1. The number of benzene rings is 1. The zero-order chi connectivity index (χ0) is 20.4. The van der Waals surface area contributed by atoms with Crippen LogP contribution in [0.2, 0.25) is 0 Å². The molecule has 146 valence electrons. The van der Waals surface area contributed by atoms with Gasteiger partial charge in [0.25, 0.3) is 0 Å². The van der Waals surface area contributed by atoms with Gasteiger partial charge in [-0.2, -0.15) is 10.2 Å². The molecular weight excluding hydrogens is 370 g/mol. The average Bonchev–Trinajstić information content (AvgIpc) is 3.38. The van der Waals surface area contributed by atoms with Crippen molar-refractivity contribution >= 4 is 11.7 Å². The molecule has 0 atom stereocenters. The van der Waals surface area contributed by atoms with Crippen LogP contribution in [0.5, 0.6) is 5.75 Å². The standard InChI is InChI=1S/C20H19N7O2/c1-12-9-21-18(24-13(2)28)8-16(12)27-10-15(20-22-11-23-25-20)19(26-27)14-6-4-5-7-17(14)29-3/h4-11H,1-3H3,(H,21,24,28)(H,22,23,25). The molecule has 3 aromatic heterocycles. The fourth-order valence-electron chi connectivity index (χ4n) is 3.05. The monoisotopic (exact) mass is 389 g/mol. The highest BCUT2D eigenvalue weighted by Crippen LogP contribution is 2.35. The second-order valence-electron chi connectivity index (χ2n) is 6.40. The Morgan fingerprint density at radius 3 is 2.76 bits per heavy atom. The number of amides is 1. The summed E-state index contributed by atoms with van der Waals surface area (Å²) in [5.74, 6) is 1.47. The molecule has 1 amide bonds. The zero-order valence-corrected chi connectivity index (χ0v) is 16.2. The number of carbonyl (C=O) groups excluding carboxylic acids is 1. The van der Waals surface area contributed by atoms with Gasteiger partial charge in [-0.25, -0.2) is 14.6 Å². The molecule has 0 aliphatic carbocycles. The zero-order valence-electron chi connectivity index (χ0n) is 16.2. The second kappa shape index (κ2) is 7.55. The van der Waals surface area contributed by atoms with Crippen molar-refractivity contribution in [2.24, 2.45) is 0 Å². The molecule has 0 fully saturated rings. The molecule has 3 heterocycles. The molecule has 0 saturated heterocycles. The van der Waals surface area contributed by atoms with Gasteiger partial charge in [-0.1, -0.05) is 12.1 Å². The number of hydrogen-bond donors (Lipinski definition) is 2. The largest absolute Gasteiger partial charge is 0.496 e. The van der Waals surface area contributed by atoms with Gasteiger partial charge in [0.15, 0.2) is 5.82 Å². The number of methoxy groups -OCH3 is 1. The Bertz CT molecular complexity index is 1170. The minimum absolute atomic E-state index is 0.191. The van der Waals surface area contributed by atoms with Crippen molar-refractivity contribution in [1.29, 1.82) is 0 Å². The van der Waals surface area contributed by atoms with E-state index in [1.54, 1.807) is 24.1 Å². The lowest BCUT2D eigenvalue weighted by Crippen LogP contribution is -2.09. The number of pyridine rings is 1. The van der Waals surface area contributed by atoms with Crippen molar-refractivity contribution in [2.75, 3.05) is 12.4 Å². The van der Waals surface area contributed by atoms with Gasteiger partial charge in [-0.3, -0.25) is 9.89 Å². The molecule has 9 nitrogen and oxygen atoms in total. The van der Waals surface area contributed by atoms with Crippen molar-refractivity contribution in [1.82, 2.24) is 29.9 Å². The van der Waals surface area contributed by atoms with Gasteiger partial charge in [0.1, 0.15) is 23.6 Å². The number of carbonyl (C=O) groups is 1. The number of aryl methyl sites for hydroxylation is 1. The van der Waals surface area contributed by atoms with E-state index in [1.807, 2.05) is 37.4 Å². The number of para-hydroxylation sites is 1. The molecule has 0 unspecified atom stereocenters. The molecule has 0 aliphatic rings. The Hall–Kier alpha value is -4.01. The van der Waals surface area contributed by atoms with Gasteiger partial charge < -0.3 is 10.1 Å². The first-order valence-electron chi connectivity index (χ1n) is 8.90. The number of nitrogens with zero attached hydrogens (tertiary/aromatic N) is 5. The van der Waals surface area contributed by atoms with Crippen molar-refractivity contribution < 1.29 is 9.53 Å². The topological polar surface area (TPSA) is 111 Å². The third kappa shape index (κ3) is 3.57. The second-order valence-corrected chi connectivity index (χ2v) is 6.40. The molecule has 2 N–H and O–H groups in total. The molecule has 4 aromatic rings. The molecular formula is C20H19N7O2. The normalized spacial score (nSPS) is 10.7. The summed E-state index contributed by atoms with van der Waals surface area (Å²) in [6.45, 7) is 3.37. The summed E-state index contributed by atoms with van der Waals surface area (Å²) in [7, 11) is 1.62. The number of hydrogen-bond acceptors (Lipinski definition) is 6. The third-order valence-electron chi connectivity index (χ3n) is 4.36. The number of aromatic amines is 1. The molecule has 0 saturated carbocycles. The fourth-order valence-corrected chi connectivity index (χ4v) is 3.05. The van der Waals surface area contributed by atoms with Crippen molar-refractivity contribution in [3.63, 3.8) is 0 Å². The molecule has 29 heavy (non-hydrogen) atoms. The summed E-state index contributed by atoms with van der Waals surface area (Å²) >= 11 is 0. The fraction of sp³-hybridized carbons (Fsp3) is 0.150. The average molecular weight is 389 g/mol. The third-order valence-corrected chi connectivity index (χ3v) is 4.36. The van der Waals surface area contributed by atoms with E-state index < -0.39 is 0 Å². The molecule has 0 aliphatic heterocycles. The Kier molecular flexibility index (Phi) is 4.78. The van der Waals surface area contributed by atoms with E-state index in [9.17, 15) is 4.79 Å². The van der Waals surface area contributed by atoms with Crippen molar-refractivity contribution in [2.45, 2.75) is 13.8 Å². The highest BCUT2D eigenvalue weighted by atomic mass is 16.5. The number of ether oxygens (including phenoxy) is 1. The minimum atomic E-state index is -0.191. The molecule has 0 radical (unpaired) electrons. The van der Waals surface area contributed by atoms with Crippen LogP contribution in [-0.4, -0.2) is 43.0 Å². The first-order valence-corrected chi connectivity index (χ1v) is 8.90. The first kappa shape index (κ1) is 18.4. The Morgan fingerprint density at radius 2 is 2.03 bits per heavy atom. The summed E-state index contributed by atoms with van der Waals surface area (Å²) in [4.78, 5) is 19.9. The van der Waals surface area contributed by atoms with Crippen LogP contribution in [0.1, 0.15) is 12.5 Å². The Morgan fingerprint density at radius 1 is 1.21 bits per heavy atom. The number of aromatic nitrogens is 6. The summed E-state index contributed by atoms with van der Waals surface area (Å²) in [5.41, 5.74) is 3.92. The number of H-pyrrole nitrogens is 1.